The molecule has 0 spiro atoms. The maximum absolute atomic E-state index is 6.86. The first kappa shape index (κ1) is 26.0. The van der Waals surface area contributed by atoms with Crippen LogP contribution in [0.5, 0.6) is 0 Å². The minimum absolute atomic E-state index is 0.0109. The Kier molecular flexibility index (Phi) is 5.32. The van der Waals surface area contributed by atoms with Crippen LogP contribution in [0.15, 0.2) is 114 Å². The monoisotopic (exact) mass is 592 g/mol. The molecule has 2 aromatic heterocycles. The fourth-order valence-corrected chi connectivity index (χ4v) is 8.63. The number of fused-ring (bicyclic) bond motifs is 11. The molecule has 0 radical (unpaired) electrons. The summed E-state index contributed by atoms with van der Waals surface area (Å²) < 4.78 is 9.49. The van der Waals surface area contributed by atoms with Gasteiger partial charge in [-0.3, -0.25) is 0 Å². The predicted octanol–water partition coefficient (Wildman–Crippen LogP) is 10.1. The number of benzene rings is 6. The van der Waals surface area contributed by atoms with Crippen LogP contribution in [-0.2, 0) is 6.42 Å². The van der Waals surface area contributed by atoms with Crippen LogP contribution in [0.4, 0.5) is 17.1 Å². The van der Waals surface area contributed by atoms with Crippen molar-refractivity contribution in [1.82, 2.24) is 4.48 Å². The van der Waals surface area contributed by atoms with Crippen LogP contribution in [-0.4, -0.2) is 11.3 Å². The van der Waals surface area contributed by atoms with Crippen molar-refractivity contribution in [2.75, 3.05) is 4.90 Å². The van der Waals surface area contributed by atoms with Gasteiger partial charge in [-0.15, -0.1) is 0 Å². The molecule has 0 unspecified atom stereocenters. The third-order valence-electron chi connectivity index (χ3n) is 10.5. The molecule has 0 fully saturated rings. The van der Waals surface area contributed by atoms with Crippen molar-refractivity contribution in [1.29, 1.82) is 0 Å². The van der Waals surface area contributed by atoms with Gasteiger partial charge in [0.2, 0.25) is 0 Å². The zero-order valence-corrected chi connectivity index (χ0v) is 26.4. The summed E-state index contributed by atoms with van der Waals surface area (Å²) in [5.74, 6) is 0. The number of nitrogens with zero attached hydrogens (tertiary/aromatic N) is 2. The molecule has 8 aromatic rings. The maximum Gasteiger partial charge on any atom is 0.333 e. The van der Waals surface area contributed by atoms with Crippen LogP contribution in [0, 0.1) is 13.8 Å². The van der Waals surface area contributed by atoms with Crippen molar-refractivity contribution in [3.8, 4) is 11.1 Å². The number of rotatable bonds is 4. The van der Waals surface area contributed by atoms with E-state index < -0.39 is 0 Å². The molecular weight excluding hydrogens is 559 g/mol. The lowest BCUT2D eigenvalue weighted by Crippen LogP contribution is -2.57. The van der Waals surface area contributed by atoms with E-state index in [2.05, 4.69) is 139 Å². The Morgan fingerprint density at radius 1 is 0.696 bits per heavy atom. The van der Waals surface area contributed by atoms with Crippen molar-refractivity contribution in [2.24, 2.45) is 0 Å². The van der Waals surface area contributed by atoms with E-state index in [0.717, 1.165) is 23.0 Å². The molecule has 4 heteroatoms. The van der Waals surface area contributed by atoms with Gasteiger partial charge in [0.15, 0.2) is 0 Å². The van der Waals surface area contributed by atoms with Crippen molar-refractivity contribution in [2.45, 2.75) is 40.0 Å². The zero-order chi connectivity index (χ0) is 30.7. The SMILES string of the molecule is CCCCc1cc(C)cc(N2c3cccc(C)c3B3c4c2cc2c(oc5ccccc52)c4-c2cccc4c5ccccc5n3c24)c1. The average Bonchev–Trinajstić information content (AvgIpc) is 3.61. The van der Waals surface area contributed by atoms with E-state index in [0.29, 0.717) is 0 Å². The molecule has 46 heavy (non-hydrogen) atoms. The van der Waals surface area contributed by atoms with Gasteiger partial charge in [-0.1, -0.05) is 91.7 Å². The highest BCUT2D eigenvalue weighted by molar-refractivity contribution is 6.90. The second-order valence-electron chi connectivity index (χ2n) is 13.3. The molecule has 2 aliphatic heterocycles. The summed E-state index contributed by atoms with van der Waals surface area (Å²) in [7, 11) is 0. The van der Waals surface area contributed by atoms with Gasteiger partial charge in [-0.05, 0) is 85.1 Å². The molecule has 220 valence electrons. The number of anilines is 3. The second kappa shape index (κ2) is 9.40. The summed E-state index contributed by atoms with van der Waals surface area (Å²) in [5, 5.41) is 4.93. The smallest absolute Gasteiger partial charge is 0.333 e. The average molecular weight is 593 g/mol. The topological polar surface area (TPSA) is 21.3 Å². The first-order chi connectivity index (χ1) is 22.6. The normalized spacial score (nSPS) is 13.3. The van der Waals surface area contributed by atoms with Crippen LogP contribution in [0.1, 0.15) is 36.5 Å². The number of para-hydroxylation sites is 3. The van der Waals surface area contributed by atoms with Gasteiger partial charge < -0.3 is 13.8 Å². The van der Waals surface area contributed by atoms with Gasteiger partial charge in [-0.25, -0.2) is 0 Å². The molecule has 2 aliphatic rings. The summed E-state index contributed by atoms with van der Waals surface area (Å²) in [6.07, 6.45) is 3.47. The summed E-state index contributed by atoms with van der Waals surface area (Å²) in [6, 6.07) is 40.7. The highest BCUT2D eigenvalue weighted by Crippen LogP contribution is 2.49. The Labute approximate surface area is 268 Å². The van der Waals surface area contributed by atoms with Crippen molar-refractivity contribution in [3.63, 3.8) is 0 Å². The van der Waals surface area contributed by atoms with E-state index in [9.17, 15) is 0 Å². The molecule has 6 aromatic carbocycles. The van der Waals surface area contributed by atoms with E-state index in [4.69, 9.17) is 4.42 Å². The molecule has 0 saturated carbocycles. The summed E-state index contributed by atoms with van der Waals surface area (Å²) in [5.41, 5.74) is 17.4. The predicted molar refractivity (Wildman–Crippen MR) is 195 cm³/mol. The molecule has 0 N–H and O–H groups in total. The number of furan rings is 1. The number of unbranched alkanes of at least 4 members (excludes halogenated alkanes) is 1. The number of hydrogen-bond donors (Lipinski definition) is 0. The molecule has 4 heterocycles. The van der Waals surface area contributed by atoms with Crippen molar-refractivity contribution < 1.29 is 4.42 Å². The van der Waals surface area contributed by atoms with Crippen LogP contribution in [0.2, 0.25) is 0 Å². The summed E-state index contributed by atoms with van der Waals surface area (Å²) in [4.78, 5) is 2.55. The molecule has 0 amide bonds. The third-order valence-corrected chi connectivity index (χ3v) is 10.5. The molecule has 3 nitrogen and oxygen atoms in total. The zero-order valence-electron chi connectivity index (χ0n) is 26.4. The second-order valence-corrected chi connectivity index (χ2v) is 13.3. The van der Waals surface area contributed by atoms with Gasteiger partial charge in [0.25, 0.3) is 0 Å². The van der Waals surface area contributed by atoms with E-state index in [1.54, 1.807) is 0 Å². The highest BCUT2D eigenvalue weighted by atomic mass is 16.3. The Morgan fingerprint density at radius 3 is 2.39 bits per heavy atom. The molecule has 10 rings (SSSR count). The van der Waals surface area contributed by atoms with Crippen molar-refractivity contribution >= 4 is 78.6 Å². The molecule has 0 saturated heterocycles. The van der Waals surface area contributed by atoms with Gasteiger partial charge in [0.05, 0.1) is 0 Å². The highest BCUT2D eigenvalue weighted by Gasteiger charge is 2.44. The van der Waals surface area contributed by atoms with Crippen molar-refractivity contribution in [3.05, 3.63) is 126 Å². The minimum Gasteiger partial charge on any atom is -0.455 e. The first-order valence-corrected chi connectivity index (χ1v) is 16.6. The fraction of sp³-hybridized carbons (Fsp3) is 0.143. The van der Waals surface area contributed by atoms with E-state index >= 15 is 0 Å². The number of aryl methyl sites for hydroxylation is 3. The quantitative estimate of drug-likeness (QED) is 0.190. The van der Waals surface area contributed by atoms with E-state index in [-0.39, 0.29) is 6.85 Å². The first-order valence-electron chi connectivity index (χ1n) is 16.6. The van der Waals surface area contributed by atoms with E-state index in [1.807, 2.05) is 0 Å². The van der Waals surface area contributed by atoms with Crippen LogP contribution in [0.3, 0.4) is 0 Å². The Bertz CT molecular complexity index is 2570. The van der Waals surface area contributed by atoms with E-state index in [1.165, 1.54) is 95.8 Å². The summed E-state index contributed by atoms with van der Waals surface area (Å²) >= 11 is 0. The largest absolute Gasteiger partial charge is 0.455 e. The maximum atomic E-state index is 6.86. The lowest BCUT2D eigenvalue weighted by atomic mass is 9.44. The lowest BCUT2D eigenvalue weighted by Gasteiger charge is -2.41. The number of aromatic nitrogens is 1. The van der Waals surface area contributed by atoms with Crippen LogP contribution in [0.25, 0.3) is 54.9 Å². The van der Waals surface area contributed by atoms with Gasteiger partial charge in [0.1, 0.15) is 11.2 Å². The Morgan fingerprint density at radius 2 is 1.50 bits per heavy atom. The van der Waals surface area contributed by atoms with Crippen LogP contribution < -0.4 is 15.8 Å². The molecule has 0 aliphatic carbocycles. The molecule has 0 bridgehead atoms. The molecule has 0 atom stereocenters. The third kappa shape index (κ3) is 3.34. The lowest BCUT2D eigenvalue weighted by molar-refractivity contribution is 0.670. The van der Waals surface area contributed by atoms with Crippen LogP contribution >= 0.6 is 0 Å². The fourth-order valence-electron chi connectivity index (χ4n) is 8.63. The molecular formula is C42H33BN2O. The number of hydrogen-bond acceptors (Lipinski definition) is 2. The Hall–Kier alpha value is -5.22. The van der Waals surface area contributed by atoms with Gasteiger partial charge in [-0.2, -0.15) is 0 Å². The van der Waals surface area contributed by atoms with Gasteiger partial charge in [0, 0.05) is 60.8 Å². The van der Waals surface area contributed by atoms with Gasteiger partial charge >= 0.3 is 6.85 Å². The minimum atomic E-state index is 0.0109. The summed E-state index contributed by atoms with van der Waals surface area (Å²) in [6.45, 7) is 6.81. The standard InChI is InChI=1S/C42H33BN2O/c1-4-5-13-27-21-25(2)22-28(23-27)44-35-19-10-12-26(3)39(35)43-40-36(44)24-33-30-15-7-9-20-37(30)46-42(33)38(40)32-17-11-16-31-29-14-6-8-18-34(29)45(43)41(31)32/h6-12,14-24H,4-5,13H2,1-3H3. The Balaban J connectivity index is 1.42.